The van der Waals surface area contributed by atoms with Gasteiger partial charge in [0.1, 0.15) is 17.2 Å². The van der Waals surface area contributed by atoms with Gasteiger partial charge in [0.2, 0.25) is 0 Å². The molecule has 0 N–H and O–H groups in total. The fourth-order valence-electron chi connectivity index (χ4n) is 4.48. The second-order valence-electron chi connectivity index (χ2n) is 10.6. The van der Waals surface area contributed by atoms with Gasteiger partial charge in [0.25, 0.3) is 0 Å². The van der Waals surface area contributed by atoms with E-state index in [0.29, 0.717) is 39.6 Å². The Morgan fingerprint density at radius 3 is 0.729 bits per heavy atom. The van der Waals surface area contributed by atoms with Gasteiger partial charge in [0.15, 0.2) is 0 Å². The van der Waals surface area contributed by atoms with Crippen molar-refractivity contribution >= 4 is 0 Å². The molecule has 0 bridgehead atoms. The van der Waals surface area contributed by atoms with Crippen molar-refractivity contribution in [3.8, 4) is 34.5 Å². The van der Waals surface area contributed by atoms with Crippen LogP contribution in [-0.2, 0) is 0 Å². The van der Waals surface area contributed by atoms with Crippen molar-refractivity contribution in [3.05, 3.63) is 109 Å². The summed E-state index contributed by atoms with van der Waals surface area (Å²) in [5.41, 5.74) is 0. The number of benzene rings is 4. The molecule has 0 saturated carbocycles. The second kappa shape index (κ2) is 28.3. The van der Waals surface area contributed by atoms with E-state index in [9.17, 15) is 0 Å². The Morgan fingerprint density at radius 2 is 0.500 bits per heavy atom. The smallest absolute Gasteiger partial charge is 0.519 e. The summed E-state index contributed by atoms with van der Waals surface area (Å²) in [7, 11) is 0. The zero-order valence-corrected chi connectivity index (χ0v) is 29.2. The van der Waals surface area contributed by atoms with E-state index < -0.39 is 0 Å². The van der Waals surface area contributed by atoms with E-state index in [0.717, 1.165) is 92.3 Å². The Bertz CT molecular complexity index is 1130. The summed E-state index contributed by atoms with van der Waals surface area (Å²) in [5, 5.41) is 0. The van der Waals surface area contributed by atoms with Crippen LogP contribution >= 0.6 is 0 Å². The largest absolute Gasteiger partial charge is 1.00 e. The third-order valence-corrected chi connectivity index (χ3v) is 6.89. The van der Waals surface area contributed by atoms with E-state index in [1.807, 2.05) is 91.0 Å². The van der Waals surface area contributed by atoms with Crippen LogP contribution in [0.5, 0.6) is 34.5 Å². The molecular formula is C39H45Li3O6. The molecule has 4 aromatic rings. The van der Waals surface area contributed by atoms with Crippen LogP contribution in [0.3, 0.4) is 0 Å². The Kier molecular flexibility index (Phi) is 25.7. The molecule has 6 nitrogen and oxygen atoms in total. The Hall–Kier alpha value is -2.53. The van der Waals surface area contributed by atoms with Gasteiger partial charge in [-0.05, 0) is 57.8 Å². The van der Waals surface area contributed by atoms with Crippen LogP contribution in [0.25, 0.3) is 0 Å². The Balaban J connectivity index is 0.00000384. The third kappa shape index (κ3) is 19.5. The van der Waals surface area contributed by atoms with Gasteiger partial charge < -0.3 is 28.4 Å². The van der Waals surface area contributed by atoms with Crippen LogP contribution in [0.1, 0.15) is 57.8 Å². The molecule has 0 spiro atoms. The van der Waals surface area contributed by atoms with E-state index in [4.69, 9.17) is 28.4 Å². The summed E-state index contributed by atoms with van der Waals surface area (Å²) in [5.74, 6) is 4.94. The molecule has 0 amide bonds. The zero-order valence-electron chi connectivity index (χ0n) is 29.2. The SMILES string of the molecule is [Li+].[Li+].[Li+].[c-]1ccc(OCCCCCOc2cc(OCCCCCOc3cc[c-]cc3)cc(OCCCCCOc3cc[c-]cc3)c2)cc1. The van der Waals surface area contributed by atoms with E-state index in [1.54, 1.807) is 0 Å². The zero-order chi connectivity index (χ0) is 31.0. The quantitative estimate of drug-likeness (QED) is 0.0617. The van der Waals surface area contributed by atoms with Gasteiger partial charge in [-0.2, -0.15) is 54.6 Å². The molecule has 0 aliphatic heterocycles. The summed E-state index contributed by atoms with van der Waals surface area (Å²) >= 11 is 0. The fourth-order valence-corrected chi connectivity index (χ4v) is 4.48. The first-order chi connectivity index (χ1) is 22.3. The van der Waals surface area contributed by atoms with Gasteiger partial charge in [0.05, 0.1) is 39.6 Å². The molecule has 0 heterocycles. The first kappa shape index (κ1) is 43.5. The normalized spacial score (nSPS) is 10.0. The fraction of sp³-hybridized carbons (Fsp3) is 0.385. The van der Waals surface area contributed by atoms with Crippen LogP contribution < -0.4 is 85.0 Å². The topological polar surface area (TPSA) is 55.4 Å². The average molecular weight is 631 g/mol. The molecular weight excluding hydrogens is 585 g/mol. The molecule has 0 fully saturated rings. The molecule has 9 heteroatoms. The van der Waals surface area contributed by atoms with E-state index in [1.165, 1.54) is 0 Å². The standard InChI is InChI=1S/C39H45O6.3Li/c1-7-19-34(20-8-1)40-25-13-4-16-28-43-37-31-38(44-29-17-5-14-26-41-35-21-9-2-10-22-35)33-39(32-37)45-30-18-6-15-27-42-36-23-11-3-12-24-36;;;/h7-12,19-24,31-33H,4-6,13-18,25-30H2;;;/q-3;3*+1. The van der Waals surface area contributed by atoms with E-state index >= 15 is 0 Å². The van der Waals surface area contributed by atoms with Gasteiger partial charge >= 0.3 is 56.6 Å². The summed E-state index contributed by atoms with van der Waals surface area (Å²) in [6, 6.07) is 37.6. The molecule has 0 atom stereocenters. The van der Waals surface area contributed by atoms with Crippen molar-refractivity contribution in [2.45, 2.75) is 57.8 Å². The molecule has 48 heavy (non-hydrogen) atoms. The number of ether oxygens (including phenoxy) is 6. The monoisotopic (exact) mass is 630 g/mol. The van der Waals surface area contributed by atoms with Crippen LogP contribution in [0.4, 0.5) is 0 Å². The predicted molar refractivity (Wildman–Crippen MR) is 177 cm³/mol. The van der Waals surface area contributed by atoms with Gasteiger partial charge in [-0.1, -0.05) is 0 Å². The molecule has 4 rings (SSSR count). The summed E-state index contributed by atoms with van der Waals surface area (Å²) < 4.78 is 35.6. The summed E-state index contributed by atoms with van der Waals surface area (Å²) in [6.45, 7) is 3.96. The Labute approximate surface area is 324 Å². The molecule has 240 valence electrons. The molecule has 4 aromatic carbocycles. The van der Waals surface area contributed by atoms with Crippen LogP contribution in [-0.4, -0.2) is 39.6 Å². The van der Waals surface area contributed by atoms with Crippen molar-refractivity contribution in [1.29, 1.82) is 0 Å². The van der Waals surface area contributed by atoms with Crippen molar-refractivity contribution in [2.75, 3.05) is 39.6 Å². The third-order valence-electron chi connectivity index (χ3n) is 6.89. The molecule has 0 aliphatic carbocycles. The molecule has 0 radical (unpaired) electrons. The number of hydrogen-bond donors (Lipinski definition) is 0. The maximum absolute atomic E-state index is 6.11. The maximum Gasteiger partial charge on any atom is 1.00 e. The van der Waals surface area contributed by atoms with Crippen molar-refractivity contribution in [1.82, 2.24) is 0 Å². The van der Waals surface area contributed by atoms with Crippen LogP contribution in [0, 0.1) is 18.2 Å². The number of hydrogen-bond acceptors (Lipinski definition) is 6. The minimum atomic E-state index is 0. The van der Waals surface area contributed by atoms with Gasteiger partial charge in [-0.15, -0.1) is 36.4 Å². The maximum atomic E-state index is 6.11. The Morgan fingerprint density at radius 1 is 0.292 bits per heavy atom. The van der Waals surface area contributed by atoms with Crippen molar-refractivity contribution in [2.24, 2.45) is 0 Å². The van der Waals surface area contributed by atoms with Gasteiger partial charge in [0, 0.05) is 35.4 Å². The predicted octanol–water partition coefficient (Wildman–Crippen LogP) is -0.0165. The van der Waals surface area contributed by atoms with Crippen LogP contribution in [0.15, 0.2) is 91.0 Å². The van der Waals surface area contributed by atoms with E-state index in [2.05, 4.69) is 18.2 Å². The summed E-state index contributed by atoms with van der Waals surface area (Å²) in [6.07, 6.45) is 8.84. The van der Waals surface area contributed by atoms with E-state index in [-0.39, 0.29) is 56.6 Å². The van der Waals surface area contributed by atoms with Gasteiger partial charge in [-0.3, -0.25) is 0 Å². The first-order valence-corrected chi connectivity index (χ1v) is 16.2. The van der Waals surface area contributed by atoms with Crippen molar-refractivity contribution in [3.63, 3.8) is 0 Å². The molecule has 0 aliphatic rings. The minimum Gasteiger partial charge on any atom is -0.519 e. The van der Waals surface area contributed by atoms with Gasteiger partial charge in [-0.25, -0.2) is 0 Å². The summed E-state index contributed by atoms with van der Waals surface area (Å²) in [4.78, 5) is 0. The molecule has 0 saturated heterocycles. The average Bonchev–Trinajstić information content (AvgIpc) is 3.08. The molecule has 0 unspecified atom stereocenters. The second-order valence-corrected chi connectivity index (χ2v) is 10.6. The first-order valence-electron chi connectivity index (χ1n) is 16.2. The molecule has 0 aromatic heterocycles. The van der Waals surface area contributed by atoms with Crippen LogP contribution in [0.2, 0.25) is 0 Å². The number of rotatable bonds is 24. The minimum absolute atomic E-state index is 0. The van der Waals surface area contributed by atoms with Crippen molar-refractivity contribution < 1.29 is 85.0 Å². The number of unbranched alkanes of at least 4 members (excludes halogenated alkanes) is 6.